The summed E-state index contributed by atoms with van der Waals surface area (Å²) in [5, 5.41) is 4.13. The average Bonchev–Trinajstić information content (AvgIpc) is 2.45. The molecule has 0 saturated carbocycles. The van der Waals surface area contributed by atoms with Crippen molar-refractivity contribution in [3.8, 4) is 0 Å². The van der Waals surface area contributed by atoms with Gasteiger partial charge in [0.25, 0.3) is 0 Å². The van der Waals surface area contributed by atoms with Crippen LogP contribution in [0.2, 0.25) is 0 Å². The zero-order valence-corrected chi connectivity index (χ0v) is 10.3. The molecule has 1 rings (SSSR count). The van der Waals surface area contributed by atoms with E-state index in [1.165, 1.54) is 6.92 Å². The molecular formula is C12H19N3O. The van der Waals surface area contributed by atoms with Crippen molar-refractivity contribution in [3.63, 3.8) is 0 Å². The van der Waals surface area contributed by atoms with Gasteiger partial charge in [-0.2, -0.15) is 0 Å². The highest BCUT2D eigenvalue weighted by atomic mass is 16.1. The van der Waals surface area contributed by atoms with E-state index in [2.05, 4.69) is 28.4 Å². The van der Waals surface area contributed by atoms with Gasteiger partial charge in [0, 0.05) is 14.0 Å². The van der Waals surface area contributed by atoms with Crippen molar-refractivity contribution in [3.05, 3.63) is 28.7 Å². The minimum absolute atomic E-state index is 0.00463. The van der Waals surface area contributed by atoms with Crippen LogP contribution in [-0.4, -0.2) is 22.9 Å². The van der Waals surface area contributed by atoms with Crippen molar-refractivity contribution in [1.82, 2.24) is 15.3 Å². The van der Waals surface area contributed by atoms with E-state index in [1.54, 1.807) is 7.05 Å². The van der Waals surface area contributed by atoms with Crippen molar-refractivity contribution in [2.75, 3.05) is 7.05 Å². The SMILES string of the molecule is C=C(C)/C=c1/nc(C)[nH]c1=C.CNC(C)=O. The fourth-order valence-electron chi connectivity index (χ4n) is 0.911. The topological polar surface area (TPSA) is 57.8 Å². The van der Waals surface area contributed by atoms with Crippen molar-refractivity contribution in [1.29, 1.82) is 0 Å². The van der Waals surface area contributed by atoms with E-state index >= 15 is 0 Å². The number of imidazole rings is 1. The number of aromatic nitrogens is 2. The number of H-pyrrole nitrogens is 1. The molecule has 16 heavy (non-hydrogen) atoms. The molecule has 1 heterocycles. The molecule has 0 aromatic carbocycles. The number of carbonyl (C=O) groups is 1. The van der Waals surface area contributed by atoms with Gasteiger partial charge in [-0.3, -0.25) is 4.79 Å². The smallest absolute Gasteiger partial charge is 0.216 e. The highest BCUT2D eigenvalue weighted by Gasteiger charge is 1.88. The Balaban J connectivity index is 0.000000385. The molecule has 0 saturated heterocycles. The molecule has 1 amide bonds. The first-order valence-electron chi connectivity index (χ1n) is 4.94. The zero-order chi connectivity index (χ0) is 12.7. The number of amides is 1. The fraction of sp³-hybridized carbons (Fsp3) is 0.333. The second kappa shape index (κ2) is 6.61. The third-order valence-electron chi connectivity index (χ3n) is 1.66. The summed E-state index contributed by atoms with van der Waals surface area (Å²) in [6, 6.07) is 0. The Morgan fingerprint density at radius 3 is 2.25 bits per heavy atom. The molecule has 1 aromatic heterocycles. The largest absolute Gasteiger partial charge is 0.359 e. The molecule has 88 valence electrons. The van der Waals surface area contributed by atoms with Crippen LogP contribution < -0.4 is 16.0 Å². The molecule has 0 aliphatic carbocycles. The van der Waals surface area contributed by atoms with E-state index < -0.39 is 0 Å². The maximum atomic E-state index is 9.70. The Kier molecular flexibility index (Phi) is 5.85. The van der Waals surface area contributed by atoms with Gasteiger partial charge < -0.3 is 10.3 Å². The van der Waals surface area contributed by atoms with Gasteiger partial charge in [0.1, 0.15) is 5.82 Å². The third-order valence-corrected chi connectivity index (χ3v) is 1.66. The molecule has 2 N–H and O–H groups in total. The van der Waals surface area contributed by atoms with Gasteiger partial charge >= 0.3 is 0 Å². The number of hydrogen-bond donors (Lipinski definition) is 2. The lowest BCUT2D eigenvalue weighted by Gasteiger charge is -1.80. The first-order valence-corrected chi connectivity index (χ1v) is 4.94. The van der Waals surface area contributed by atoms with Gasteiger partial charge in [-0.1, -0.05) is 18.7 Å². The van der Waals surface area contributed by atoms with E-state index in [-0.39, 0.29) is 5.91 Å². The normalized spacial score (nSPS) is 10.4. The summed E-state index contributed by atoms with van der Waals surface area (Å²) >= 11 is 0. The Morgan fingerprint density at radius 2 is 2.00 bits per heavy atom. The van der Waals surface area contributed by atoms with Gasteiger partial charge in [-0.05, 0) is 19.9 Å². The Labute approximate surface area is 95.8 Å². The number of hydrogen-bond acceptors (Lipinski definition) is 2. The lowest BCUT2D eigenvalue weighted by molar-refractivity contribution is -0.118. The molecule has 0 fully saturated rings. The molecule has 0 bridgehead atoms. The van der Waals surface area contributed by atoms with Gasteiger partial charge in [0.15, 0.2) is 0 Å². The van der Waals surface area contributed by atoms with Crippen LogP contribution in [0.1, 0.15) is 19.7 Å². The molecule has 1 aromatic rings. The predicted octanol–water partition coefficient (Wildman–Crippen LogP) is 0.237. The predicted molar refractivity (Wildman–Crippen MR) is 67.1 cm³/mol. The highest BCUT2D eigenvalue weighted by molar-refractivity contribution is 5.72. The van der Waals surface area contributed by atoms with Crippen molar-refractivity contribution < 1.29 is 4.79 Å². The van der Waals surface area contributed by atoms with Crippen molar-refractivity contribution in [2.45, 2.75) is 20.8 Å². The van der Waals surface area contributed by atoms with E-state index in [9.17, 15) is 4.79 Å². The Bertz CT molecular complexity index is 471. The lowest BCUT2D eigenvalue weighted by atomic mass is 10.3. The number of nitrogens with one attached hydrogen (secondary N) is 2. The highest BCUT2D eigenvalue weighted by Crippen LogP contribution is 1.84. The van der Waals surface area contributed by atoms with Gasteiger partial charge in [-0.25, -0.2) is 4.98 Å². The van der Waals surface area contributed by atoms with E-state index in [1.807, 2.05) is 19.9 Å². The maximum absolute atomic E-state index is 9.70. The molecule has 0 unspecified atom stereocenters. The summed E-state index contributed by atoms with van der Waals surface area (Å²) in [5.41, 5.74) is 0.987. The number of rotatable bonds is 1. The summed E-state index contributed by atoms with van der Waals surface area (Å²) in [6.07, 6.45) is 1.91. The fourth-order valence-corrected chi connectivity index (χ4v) is 0.911. The number of allylic oxidation sites excluding steroid dienone is 1. The van der Waals surface area contributed by atoms with Crippen molar-refractivity contribution in [2.24, 2.45) is 0 Å². The summed E-state index contributed by atoms with van der Waals surface area (Å²) in [4.78, 5) is 16.9. The third kappa shape index (κ3) is 5.80. The van der Waals surface area contributed by atoms with Crippen LogP contribution in [0, 0.1) is 6.92 Å². The summed E-state index contributed by atoms with van der Waals surface area (Å²) in [7, 11) is 1.60. The molecule has 0 radical (unpaired) electrons. The van der Waals surface area contributed by atoms with Crippen LogP contribution >= 0.6 is 0 Å². The molecule has 4 nitrogen and oxygen atoms in total. The van der Waals surface area contributed by atoms with E-state index in [0.29, 0.717) is 0 Å². The van der Waals surface area contributed by atoms with Crippen LogP contribution in [0.25, 0.3) is 12.7 Å². The molecule has 0 aliphatic heterocycles. The molecule has 0 spiro atoms. The van der Waals surface area contributed by atoms with Crippen LogP contribution in [-0.2, 0) is 4.79 Å². The molecule has 0 atom stereocenters. The van der Waals surface area contributed by atoms with Crippen molar-refractivity contribution >= 4 is 18.6 Å². The van der Waals surface area contributed by atoms with E-state index in [4.69, 9.17) is 0 Å². The van der Waals surface area contributed by atoms with Gasteiger partial charge in [-0.15, -0.1) is 0 Å². The molecule has 4 heteroatoms. The van der Waals surface area contributed by atoms with Crippen LogP contribution in [0.5, 0.6) is 0 Å². The molecule has 0 aliphatic rings. The monoisotopic (exact) mass is 221 g/mol. The quantitative estimate of drug-likeness (QED) is 0.713. The van der Waals surface area contributed by atoms with Crippen LogP contribution in [0.15, 0.2) is 12.2 Å². The summed E-state index contributed by atoms with van der Waals surface area (Å²) < 4.78 is 0. The molecular weight excluding hydrogens is 202 g/mol. The number of nitrogens with zero attached hydrogens (tertiary/aromatic N) is 1. The van der Waals surface area contributed by atoms with Crippen LogP contribution in [0.3, 0.4) is 0 Å². The van der Waals surface area contributed by atoms with Crippen LogP contribution in [0.4, 0.5) is 0 Å². The Morgan fingerprint density at radius 1 is 1.50 bits per heavy atom. The first-order chi connectivity index (χ1) is 7.36. The number of carbonyl (C=O) groups excluding carboxylic acids is 1. The maximum Gasteiger partial charge on any atom is 0.216 e. The summed E-state index contributed by atoms with van der Waals surface area (Å²) in [6.45, 7) is 12.9. The lowest BCUT2D eigenvalue weighted by Crippen LogP contribution is -2.22. The minimum Gasteiger partial charge on any atom is -0.359 e. The first kappa shape index (κ1) is 14.2. The minimum atomic E-state index is 0.00463. The van der Waals surface area contributed by atoms with E-state index in [0.717, 1.165) is 22.1 Å². The van der Waals surface area contributed by atoms with Gasteiger partial charge in [0.2, 0.25) is 5.91 Å². The average molecular weight is 221 g/mol. The summed E-state index contributed by atoms with van der Waals surface area (Å²) in [5.74, 6) is 0.896. The second-order valence-electron chi connectivity index (χ2n) is 3.48. The Hall–Kier alpha value is -1.84. The number of aryl methyl sites for hydroxylation is 1. The second-order valence-corrected chi connectivity index (χ2v) is 3.48. The zero-order valence-electron chi connectivity index (χ0n) is 10.3. The van der Waals surface area contributed by atoms with Gasteiger partial charge in [0.05, 0.1) is 10.7 Å². The number of aromatic amines is 1. The standard InChI is InChI=1S/C9H12N2.C3H7NO/c1-6(2)5-9-7(3)10-8(4)11-9;1-3(5)4-2/h5H,1,3H2,2,4H3,(H,10,11);1-2H3,(H,4,5)/b9-5+;.